The van der Waals surface area contributed by atoms with Gasteiger partial charge in [-0.25, -0.2) is 0 Å². The second kappa shape index (κ2) is 7.25. The van der Waals surface area contributed by atoms with E-state index in [2.05, 4.69) is 17.1 Å². The Morgan fingerprint density at radius 2 is 2.11 bits per heavy atom. The number of nitrogens with one attached hydrogen (secondary N) is 1. The molecule has 2 rings (SSSR count). The summed E-state index contributed by atoms with van der Waals surface area (Å²) >= 11 is 0. The fourth-order valence-corrected chi connectivity index (χ4v) is 3.18. The molecular weight excluding hydrogens is 238 g/mol. The van der Waals surface area contributed by atoms with Crippen LogP contribution in [0.3, 0.4) is 0 Å². The van der Waals surface area contributed by atoms with Crippen molar-refractivity contribution in [3.05, 3.63) is 0 Å². The van der Waals surface area contributed by atoms with E-state index in [1.54, 1.807) is 0 Å². The fraction of sp³-hybridized carbons (Fsp3) is 0.933. The van der Waals surface area contributed by atoms with Gasteiger partial charge in [0.05, 0.1) is 0 Å². The highest BCUT2D eigenvalue weighted by atomic mass is 16.1. The molecule has 1 saturated heterocycles. The number of nitrogens with two attached hydrogens (primary N) is 1. The lowest BCUT2D eigenvalue weighted by Crippen LogP contribution is -2.48. The minimum atomic E-state index is 0.192. The Balaban J connectivity index is 1.90. The molecule has 1 amide bonds. The lowest BCUT2D eigenvalue weighted by molar-refractivity contribution is -0.122. The van der Waals surface area contributed by atoms with Crippen molar-refractivity contribution in [3.63, 3.8) is 0 Å². The quantitative estimate of drug-likeness (QED) is 0.769. The molecule has 1 saturated carbocycles. The van der Waals surface area contributed by atoms with E-state index in [0.717, 1.165) is 19.4 Å². The molecule has 0 spiro atoms. The van der Waals surface area contributed by atoms with Gasteiger partial charge in [0.15, 0.2) is 0 Å². The number of nitrogens with zero attached hydrogens (tertiary/aromatic N) is 1. The van der Waals surface area contributed by atoms with E-state index in [1.807, 2.05) is 0 Å². The topological polar surface area (TPSA) is 58.4 Å². The number of hydrogen-bond acceptors (Lipinski definition) is 3. The zero-order valence-electron chi connectivity index (χ0n) is 12.2. The Labute approximate surface area is 117 Å². The third-order valence-corrected chi connectivity index (χ3v) is 4.50. The van der Waals surface area contributed by atoms with E-state index >= 15 is 0 Å². The molecule has 0 bridgehead atoms. The second-order valence-electron chi connectivity index (χ2n) is 6.08. The highest BCUT2D eigenvalue weighted by molar-refractivity contribution is 5.77. The van der Waals surface area contributed by atoms with Crippen LogP contribution < -0.4 is 11.1 Å². The predicted molar refractivity (Wildman–Crippen MR) is 77.9 cm³/mol. The van der Waals surface area contributed by atoms with Crippen LogP contribution in [0.2, 0.25) is 0 Å². The van der Waals surface area contributed by atoms with Gasteiger partial charge in [-0.15, -0.1) is 0 Å². The van der Waals surface area contributed by atoms with Gasteiger partial charge in [-0.05, 0) is 38.6 Å². The number of amides is 1. The van der Waals surface area contributed by atoms with Crippen molar-refractivity contribution in [2.45, 2.75) is 76.4 Å². The Kier molecular flexibility index (Phi) is 5.64. The minimum absolute atomic E-state index is 0.192. The lowest BCUT2D eigenvalue weighted by atomic mass is 10.0. The molecule has 2 atom stereocenters. The average Bonchev–Trinajstić information content (AvgIpc) is 3.22. The summed E-state index contributed by atoms with van der Waals surface area (Å²) in [4.78, 5) is 14.5. The molecule has 2 aliphatic rings. The van der Waals surface area contributed by atoms with E-state index in [9.17, 15) is 4.79 Å². The predicted octanol–water partition coefficient (Wildman–Crippen LogP) is 1.64. The summed E-state index contributed by atoms with van der Waals surface area (Å²) < 4.78 is 0. The highest BCUT2D eigenvalue weighted by Gasteiger charge is 2.29. The van der Waals surface area contributed by atoms with Crippen LogP contribution in [-0.2, 0) is 4.79 Å². The summed E-state index contributed by atoms with van der Waals surface area (Å²) in [5.74, 6) is 0.192. The number of likely N-dealkylation sites (tertiary alicyclic amines) is 1. The first-order chi connectivity index (χ1) is 9.24. The van der Waals surface area contributed by atoms with E-state index in [4.69, 9.17) is 5.73 Å². The standard InChI is InChI=1S/C15H29N3O/c1-2-13-6-4-3-5-9-18(13)14(11-16)10-15(19)17-12-7-8-12/h12-14H,2-11,16H2,1H3,(H,17,19). The summed E-state index contributed by atoms with van der Waals surface area (Å²) in [5.41, 5.74) is 5.94. The van der Waals surface area contributed by atoms with Crippen molar-refractivity contribution < 1.29 is 4.79 Å². The average molecular weight is 267 g/mol. The molecule has 0 aromatic carbocycles. The van der Waals surface area contributed by atoms with Crippen LogP contribution in [0.25, 0.3) is 0 Å². The molecule has 1 aliphatic carbocycles. The molecule has 1 aliphatic heterocycles. The molecule has 4 nitrogen and oxygen atoms in total. The molecule has 2 fully saturated rings. The molecule has 2 unspecified atom stereocenters. The van der Waals surface area contributed by atoms with Gasteiger partial charge in [0.2, 0.25) is 5.91 Å². The van der Waals surface area contributed by atoms with E-state index in [0.29, 0.717) is 25.0 Å². The summed E-state index contributed by atoms with van der Waals surface area (Å²) in [5, 5.41) is 3.09. The lowest BCUT2D eigenvalue weighted by Gasteiger charge is -2.36. The van der Waals surface area contributed by atoms with Crippen molar-refractivity contribution in [1.29, 1.82) is 0 Å². The first-order valence-electron chi connectivity index (χ1n) is 7.99. The largest absolute Gasteiger partial charge is 0.353 e. The van der Waals surface area contributed by atoms with Gasteiger partial charge in [0.1, 0.15) is 0 Å². The SMILES string of the molecule is CCC1CCCCCN1C(CN)CC(=O)NC1CC1. The van der Waals surface area contributed by atoms with Crippen LogP contribution in [0.1, 0.15) is 58.3 Å². The first-order valence-corrected chi connectivity index (χ1v) is 7.99. The maximum absolute atomic E-state index is 12.0. The van der Waals surface area contributed by atoms with Gasteiger partial charge in [0.25, 0.3) is 0 Å². The summed E-state index contributed by atoms with van der Waals surface area (Å²) in [6, 6.07) is 1.30. The summed E-state index contributed by atoms with van der Waals surface area (Å²) in [6.07, 6.45) is 9.19. The van der Waals surface area contributed by atoms with Crippen LogP contribution >= 0.6 is 0 Å². The number of carbonyl (C=O) groups excluding carboxylic acids is 1. The molecule has 0 radical (unpaired) electrons. The van der Waals surface area contributed by atoms with Gasteiger partial charge >= 0.3 is 0 Å². The van der Waals surface area contributed by atoms with Crippen molar-refractivity contribution in [2.24, 2.45) is 5.73 Å². The first kappa shape index (κ1) is 14.8. The highest BCUT2D eigenvalue weighted by Crippen LogP contribution is 2.23. The van der Waals surface area contributed by atoms with Gasteiger partial charge in [-0.3, -0.25) is 9.69 Å². The van der Waals surface area contributed by atoms with Crippen LogP contribution in [0, 0.1) is 0 Å². The van der Waals surface area contributed by atoms with Gasteiger partial charge in [0, 0.05) is 31.1 Å². The van der Waals surface area contributed by atoms with Crippen LogP contribution in [-0.4, -0.2) is 42.0 Å². The smallest absolute Gasteiger partial charge is 0.221 e. The molecule has 0 aromatic rings. The van der Waals surface area contributed by atoms with Crippen molar-refractivity contribution in [1.82, 2.24) is 10.2 Å². The molecule has 3 N–H and O–H groups in total. The van der Waals surface area contributed by atoms with Crippen molar-refractivity contribution >= 4 is 5.91 Å². The van der Waals surface area contributed by atoms with Crippen LogP contribution in [0.4, 0.5) is 0 Å². The molecule has 0 aromatic heterocycles. The third kappa shape index (κ3) is 4.46. The molecular formula is C15H29N3O. The van der Waals surface area contributed by atoms with E-state index in [1.165, 1.54) is 32.1 Å². The number of hydrogen-bond donors (Lipinski definition) is 2. The van der Waals surface area contributed by atoms with E-state index < -0.39 is 0 Å². The molecule has 19 heavy (non-hydrogen) atoms. The normalized spacial score (nSPS) is 26.7. The Morgan fingerprint density at radius 1 is 1.32 bits per heavy atom. The van der Waals surface area contributed by atoms with Gasteiger partial charge in [-0.1, -0.05) is 19.8 Å². The maximum atomic E-state index is 12.0. The van der Waals surface area contributed by atoms with Gasteiger partial charge < -0.3 is 11.1 Å². The minimum Gasteiger partial charge on any atom is -0.353 e. The zero-order valence-corrected chi connectivity index (χ0v) is 12.2. The van der Waals surface area contributed by atoms with Crippen molar-refractivity contribution in [2.75, 3.05) is 13.1 Å². The number of rotatable bonds is 6. The van der Waals surface area contributed by atoms with Crippen LogP contribution in [0.15, 0.2) is 0 Å². The van der Waals surface area contributed by atoms with Crippen molar-refractivity contribution in [3.8, 4) is 0 Å². The molecule has 4 heteroatoms. The fourth-order valence-electron chi connectivity index (χ4n) is 3.18. The van der Waals surface area contributed by atoms with Crippen LogP contribution in [0.5, 0.6) is 0 Å². The Morgan fingerprint density at radius 3 is 2.74 bits per heavy atom. The zero-order chi connectivity index (χ0) is 13.7. The monoisotopic (exact) mass is 267 g/mol. The second-order valence-corrected chi connectivity index (χ2v) is 6.08. The number of carbonyl (C=O) groups is 1. The molecule has 110 valence electrons. The van der Waals surface area contributed by atoms with E-state index in [-0.39, 0.29) is 11.9 Å². The Hall–Kier alpha value is -0.610. The van der Waals surface area contributed by atoms with Gasteiger partial charge in [-0.2, -0.15) is 0 Å². The maximum Gasteiger partial charge on any atom is 0.221 e. The molecule has 1 heterocycles. The summed E-state index contributed by atoms with van der Waals surface area (Å²) in [7, 11) is 0. The third-order valence-electron chi connectivity index (χ3n) is 4.50. The Bertz CT molecular complexity index is 291. The summed E-state index contributed by atoms with van der Waals surface area (Å²) in [6.45, 7) is 3.95.